The Morgan fingerprint density at radius 3 is 2.39 bits per heavy atom. The van der Waals surface area contributed by atoms with Crippen LogP contribution in [0.15, 0.2) is 0 Å². The number of hydrogen-bond acceptors (Lipinski definition) is 4. The quantitative estimate of drug-likeness (QED) is 0.771. The third-order valence-electron chi connectivity index (χ3n) is 3.84. The number of nitrogens with two attached hydrogens (primary N) is 1. The highest BCUT2D eigenvalue weighted by Gasteiger charge is 2.38. The van der Waals surface area contributed by atoms with Gasteiger partial charge in [0.1, 0.15) is 9.84 Å². The molecule has 0 bridgehead atoms. The van der Waals surface area contributed by atoms with Gasteiger partial charge in [0.25, 0.3) is 0 Å². The molecule has 5 heteroatoms. The van der Waals surface area contributed by atoms with Crippen LogP contribution in [0.5, 0.6) is 0 Å². The Bertz CT molecular complexity index is 329. The molecule has 1 rings (SSSR count). The van der Waals surface area contributed by atoms with E-state index in [1.807, 2.05) is 6.92 Å². The standard InChI is InChI=1S/C13H27NO3S/c1-3-17-13(9-5-4-6-10-13)12(14)8-7-11-18(2,15)16/h12H,3-11,14H2,1-2H3. The first-order valence-electron chi connectivity index (χ1n) is 6.97. The SMILES string of the molecule is CCOC1(C(N)CCCS(C)(=O)=O)CCCCC1. The molecule has 0 aromatic carbocycles. The first-order valence-corrected chi connectivity index (χ1v) is 9.03. The second-order valence-electron chi connectivity index (χ2n) is 5.44. The fraction of sp³-hybridized carbons (Fsp3) is 1.00. The Kier molecular flexibility index (Phi) is 6.08. The van der Waals surface area contributed by atoms with Crippen molar-refractivity contribution in [1.82, 2.24) is 0 Å². The molecule has 1 aliphatic rings. The van der Waals surface area contributed by atoms with Gasteiger partial charge in [-0.2, -0.15) is 0 Å². The summed E-state index contributed by atoms with van der Waals surface area (Å²) in [4.78, 5) is 0. The van der Waals surface area contributed by atoms with Crippen molar-refractivity contribution >= 4 is 9.84 Å². The Hall–Kier alpha value is -0.130. The normalized spacial score (nSPS) is 21.7. The van der Waals surface area contributed by atoms with E-state index in [4.69, 9.17) is 10.5 Å². The minimum absolute atomic E-state index is 0.0421. The molecule has 18 heavy (non-hydrogen) atoms. The fourth-order valence-corrected chi connectivity index (χ4v) is 3.58. The van der Waals surface area contributed by atoms with Gasteiger partial charge in [0, 0.05) is 24.7 Å². The summed E-state index contributed by atoms with van der Waals surface area (Å²) in [6.45, 7) is 2.68. The summed E-state index contributed by atoms with van der Waals surface area (Å²) >= 11 is 0. The van der Waals surface area contributed by atoms with Gasteiger partial charge in [0.2, 0.25) is 0 Å². The molecule has 1 atom stereocenters. The van der Waals surface area contributed by atoms with Crippen LogP contribution < -0.4 is 5.73 Å². The molecular weight excluding hydrogens is 250 g/mol. The number of ether oxygens (including phenoxy) is 1. The van der Waals surface area contributed by atoms with Crippen LogP contribution in [0.4, 0.5) is 0 Å². The molecule has 0 aromatic rings. The minimum Gasteiger partial charge on any atom is -0.374 e. The maximum atomic E-state index is 11.1. The average molecular weight is 277 g/mol. The smallest absolute Gasteiger partial charge is 0.147 e. The van der Waals surface area contributed by atoms with Gasteiger partial charge in [-0.25, -0.2) is 8.42 Å². The highest BCUT2D eigenvalue weighted by Crippen LogP contribution is 2.35. The molecule has 4 nitrogen and oxygen atoms in total. The summed E-state index contributed by atoms with van der Waals surface area (Å²) < 4.78 is 28.2. The monoisotopic (exact) mass is 277 g/mol. The topological polar surface area (TPSA) is 69.4 Å². The summed E-state index contributed by atoms with van der Waals surface area (Å²) in [5, 5.41) is 0. The maximum Gasteiger partial charge on any atom is 0.147 e. The second-order valence-corrected chi connectivity index (χ2v) is 7.70. The lowest BCUT2D eigenvalue weighted by Crippen LogP contribution is -2.51. The van der Waals surface area contributed by atoms with Crippen molar-refractivity contribution in [3.63, 3.8) is 0 Å². The molecule has 108 valence electrons. The Balaban J connectivity index is 2.51. The van der Waals surface area contributed by atoms with Gasteiger partial charge >= 0.3 is 0 Å². The van der Waals surface area contributed by atoms with Crippen LogP contribution in [-0.2, 0) is 14.6 Å². The van der Waals surface area contributed by atoms with Crippen LogP contribution >= 0.6 is 0 Å². The number of hydrogen-bond donors (Lipinski definition) is 1. The zero-order chi connectivity index (χ0) is 13.6. The second kappa shape index (κ2) is 6.87. The maximum absolute atomic E-state index is 11.1. The van der Waals surface area contributed by atoms with Crippen molar-refractivity contribution in [3.05, 3.63) is 0 Å². The zero-order valence-electron chi connectivity index (χ0n) is 11.7. The van der Waals surface area contributed by atoms with Gasteiger partial charge in [0.15, 0.2) is 0 Å². The van der Waals surface area contributed by atoms with E-state index in [1.54, 1.807) is 0 Å². The summed E-state index contributed by atoms with van der Waals surface area (Å²) in [6.07, 6.45) is 8.26. The first kappa shape index (κ1) is 15.9. The largest absolute Gasteiger partial charge is 0.374 e. The van der Waals surface area contributed by atoms with Gasteiger partial charge in [0.05, 0.1) is 5.60 Å². The van der Waals surface area contributed by atoms with Gasteiger partial charge in [-0.15, -0.1) is 0 Å². The van der Waals surface area contributed by atoms with E-state index in [2.05, 4.69) is 0 Å². The van der Waals surface area contributed by atoms with Gasteiger partial charge in [-0.05, 0) is 32.6 Å². The molecule has 2 N–H and O–H groups in total. The van der Waals surface area contributed by atoms with Crippen LogP contribution in [-0.4, -0.2) is 38.7 Å². The predicted octanol–water partition coefficient (Wildman–Crippen LogP) is 1.88. The fourth-order valence-electron chi connectivity index (χ4n) is 2.89. The van der Waals surface area contributed by atoms with E-state index in [0.717, 1.165) is 19.3 Å². The molecule has 0 aliphatic heterocycles. The molecule has 1 saturated carbocycles. The van der Waals surface area contributed by atoms with Gasteiger partial charge < -0.3 is 10.5 Å². The van der Waals surface area contributed by atoms with Crippen LogP contribution in [0.25, 0.3) is 0 Å². The van der Waals surface area contributed by atoms with Crippen LogP contribution in [0.3, 0.4) is 0 Å². The predicted molar refractivity (Wildman–Crippen MR) is 74.4 cm³/mol. The van der Waals surface area contributed by atoms with E-state index in [9.17, 15) is 8.42 Å². The van der Waals surface area contributed by atoms with E-state index in [0.29, 0.717) is 13.0 Å². The molecule has 0 heterocycles. The molecule has 1 unspecified atom stereocenters. The van der Waals surface area contributed by atoms with Crippen molar-refractivity contribution in [3.8, 4) is 0 Å². The molecule has 0 spiro atoms. The van der Waals surface area contributed by atoms with Crippen molar-refractivity contribution in [1.29, 1.82) is 0 Å². The first-order chi connectivity index (χ1) is 8.40. The van der Waals surface area contributed by atoms with E-state index in [-0.39, 0.29) is 17.4 Å². The van der Waals surface area contributed by atoms with Crippen LogP contribution in [0.2, 0.25) is 0 Å². The van der Waals surface area contributed by atoms with Crippen molar-refractivity contribution in [2.24, 2.45) is 5.73 Å². The third kappa shape index (κ3) is 4.86. The minimum atomic E-state index is -2.88. The zero-order valence-corrected chi connectivity index (χ0v) is 12.5. The van der Waals surface area contributed by atoms with Gasteiger partial charge in [-0.1, -0.05) is 19.3 Å². The Morgan fingerprint density at radius 1 is 1.28 bits per heavy atom. The Morgan fingerprint density at radius 2 is 1.89 bits per heavy atom. The molecular formula is C13H27NO3S. The Labute approximate surface area is 111 Å². The summed E-state index contributed by atoms with van der Waals surface area (Å²) in [5.74, 6) is 0.225. The molecule has 0 saturated heterocycles. The molecule has 1 aliphatic carbocycles. The van der Waals surface area contributed by atoms with E-state index >= 15 is 0 Å². The molecule has 0 amide bonds. The van der Waals surface area contributed by atoms with Crippen molar-refractivity contribution < 1.29 is 13.2 Å². The summed E-state index contributed by atoms with van der Waals surface area (Å²) in [6, 6.07) is -0.0421. The van der Waals surface area contributed by atoms with Gasteiger partial charge in [-0.3, -0.25) is 0 Å². The third-order valence-corrected chi connectivity index (χ3v) is 4.87. The lowest BCUT2D eigenvalue weighted by Gasteiger charge is -2.41. The molecule has 1 fully saturated rings. The lowest BCUT2D eigenvalue weighted by atomic mass is 9.78. The number of rotatable bonds is 7. The molecule has 0 radical (unpaired) electrons. The van der Waals surface area contributed by atoms with E-state index < -0.39 is 9.84 Å². The van der Waals surface area contributed by atoms with Crippen molar-refractivity contribution in [2.45, 2.75) is 63.5 Å². The molecule has 0 aromatic heterocycles. The average Bonchev–Trinajstić information content (AvgIpc) is 2.29. The number of sulfone groups is 1. The summed E-state index contributed by atoms with van der Waals surface area (Å²) in [5.41, 5.74) is 6.08. The van der Waals surface area contributed by atoms with Crippen LogP contribution in [0, 0.1) is 0 Å². The van der Waals surface area contributed by atoms with Crippen molar-refractivity contribution in [2.75, 3.05) is 18.6 Å². The van der Waals surface area contributed by atoms with Crippen LogP contribution in [0.1, 0.15) is 51.9 Å². The highest BCUT2D eigenvalue weighted by molar-refractivity contribution is 7.90. The highest BCUT2D eigenvalue weighted by atomic mass is 32.2. The summed E-state index contributed by atoms with van der Waals surface area (Å²) in [7, 11) is -2.88. The lowest BCUT2D eigenvalue weighted by molar-refractivity contribution is -0.0834. The van der Waals surface area contributed by atoms with E-state index in [1.165, 1.54) is 25.5 Å².